The van der Waals surface area contributed by atoms with Crippen LogP contribution < -0.4 is 10.6 Å². The predicted molar refractivity (Wildman–Crippen MR) is 120 cm³/mol. The van der Waals surface area contributed by atoms with Crippen molar-refractivity contribution < 1.29 is 9.59 Å². The summed E-state index contributed by atoms with van der Waals surface area (Å²) < 4.78 is 0. The van der Waals surface area contributed by atoms with Gasteiger partial charge in [-0.3, -0.25) is 14.6 Å². The molecule has 3 aromatic rings. The first kappa shape index (κ1) is 21.9. The summed E-state index contributed by atoms with van der Waals surface area (Å²) in [4.78, 5) is 33.2. The van der Waals surface area contributed by atoms with Crippen LogP contribution in [-0.4, -0.2) is 21.8 Å². The van der Waals surface area contributed by atoms with E-state index in [1.54, 1.807) is 11.6 Å². The zero-order chi connectivity index (χ0) is 21.5. The fourth-order valence-corrected chi connectivity index (χ4v) is 3.61. The average Bonchev–Trinajstić information content (AvgIpc) is 3.16. The highest BCUT2D eigenvalue weighted by atomic mass is 35.5. The molecule has 0 saturated heterocycles. The molecule has 0 fully saturated rings. The Hall–Kier alpha value is -2.77. The lowest BCUT2D eigenvalue weighted by atomic mass is 10.0. The number of hydrogen-bond donors (Lipinski definition) is 2. The van der Waals surface area contributed by atoms with Crippen molar-refractivity contribution >= 4 is 39.9 Å². The lowest BCUT2D eigenvalue weighted by Crippen LogP contribution is -2.31. The maximum Gasteiger partial charge on any atom is 0.228 e. The van der Waals surface area contributed by atoms with Gasteiger partial charge in [0.1, 0.15) is 0 Å². The van der Waals surface area contributed by atoms with Gasteiger partial charge in [-0.1, -0.05) is 43.6 Å². The lowest BCUT2D eigenvalue weighted by molar-refractivity contribution is -0.121. The molecule has 0 aliphatic rings. The molecule has 0 spiro atoms. The van der Waals surface area contributed by atoms with Crippen LogP contribution in [0.3, 0.4) is 0 Å². The van der Waals surface area contributed by atoms with Crippen LogP contribution in [0.5, 0.6) is 0 Å². The number of aromatic nitrogens is 2. The quantitative estimate of drug-likeness (QED) is 0.540. The van der Waals surface area contributed by atoms with E-state index in [0.717, 1.165) is 11.3 Å². The maximum atomic E-state index is 12.7. The van der Waals surface area contributed by atoms with E-state index in [1.165, 1.54) is 11.3 Å². The molecule has 1 aromatic carbocycles. The molecule has 0 bridgehead atoms. The number of nitrogens with zero attached hydrogens (tertiary/aromatic N) is 2. The van der Waals surface area contributed by atoms with Crippen molar-refractivity contribution in [3.05, 3.63) is 76.0 Å². The van der Waals surface area contributed by atoms with Crippen LogP contribution in [0.4, 0.5) is 5.13 Å². The third-order valence-corrected chi connectivity index (χ3v) is 5.44. The Morgan fingerprint density at radius 2 is 1.90 bits per heavy atom. The van der Waals surface area contributed by atoms with E-state index in [-0.39, 0.29) is 30.2 Å². The fourth-order valence-electron chi connectivity index (χ4n) is 2.77. The number of hydrogen-bond acceptors (Lipinski definition) is 5. The molecule has 1 unspecified atom stereocenters. The summed E-state index contributed by atoms with van der Waals surface area (Å²) in [6.45, 7) is 3.63. The lowest BCUT2D eigenvalue weighted by Gasteiger charge is -2.18. The van der Waals surface area contributed by atoms with Crippen molar-refractivity contribution in [3.8, 4) is 0 Å². The standard InChI is InChI=1S/C22H23ClN4O2S/c1-14(2)21(29)27-22-25-17(13-30-22)12-20(28)26-19(18-5-3-4-10-24-18)11-15-6-8-16(23)9-7-15/h3-10,13-14,19H,11-12H2,1-2H3,(H,26,28)(H,25,27,29). The fraction of sp³-hybridized carbons (Fsp3) is 0.273. The summed E-state index contributed by atoms with van der Waals surface area (Å²) in [5, 5.41) is 8.76. The van der Waals surface area contributed by atoms with Gasteiger partial charge in [-0.15, -0.1) is 11.3 Å². The summed E-state index contributed by atoms with van der Waals surface area (Å²) in [5.41, 5.74) is 2.44. The van der Waals surface area contributed by atoms with Gasteiger partial charge in [0, 0.05) is 22.5 Å². The van der Waals surface area contributed by atoms with Crippen LogP contribution in [0.25, 0.3) is 0 Å². The van der Waals surface area contributed by atoms with Crippen molar-refractivity contribution in [3.63, 3.8) is 0 Å². The average molecular weight is 443 g/mol. The van der Waals surface area contributed by atoms with Gasteiger partial charge in [-0.05, 0) is 36.2 Å². The highest BCUT2D eigenvalue weighted by molar-refractivity contribution is 7.13. The van der Waals surface area contributed by atoms with Gasteiger partial charge in [-0.2, -0.15) is 0 Å². The molecule has 3 rings (SSSR count). The van der Waals surface area contributed by atoms with Gasteiger partial charge >= 0.3 is 0 Å². The number of benzene rings is 1. The van der Waals surface area contributed by atoms with Crippen LogP contribution in [0.2, 0.25) is 5.02 Å². The minimum absolute atomic E-state index is 0.0986. The Kier molecular flexibility index (Phi) is 7.54. The topological polar surface area (TPSA) is 84.0 Å². The van der Waals surface area contributed by atoms with E-state index in [2.05, 4.69) is 20.6 Å². The van der Waals surface area contributed by atoms with E-state index >= 15 is 0 Å². The molecule has 2 amide bonds. The van der Waals surface area contributed by atoms with E-state index in [0.29, 0.717) is 22.3 Å². The van der Waals surface area contributed by atoms with Crippen molar-refractivity contribution in [2.45, 2.75) is 32.7 Å². The largest absolute Gasteiger partial charge is 0.347 e. The number of carbonyl (C=O) groups is 2. The molecule has 0 saturated carbocycles. The molecule has 30 heavy (non-hydrogen) atoms. The van der Waals surface area contributed by atoms with Crippen molar-refractivity contribution in [2.75, 3.05) is 5.32 Å². The third kappa shape index (κ3) is 6.37. The number of amides is 2. The predicted octanol–water partition coefficient (Wildman–Crippen LogP) is 4.43. The van der Waals surface area contributed by atoms with Gasteiger partial charge in [0.2, 0.25) is 11.8 Å². The van der Waals surface area contributed by atoms with Gasteiger partial charge < -0.3 is 10.6 Å². The molecular weight excluding hydrogens is 420 g/mol. The van der Waals surface area contributed by atoms with Crippen LogP contribution >= 0.6 is 22.9 Å². The van der Waals surface area contributed by atoms with Crippen LogP contribution in [0.15, 0.2) is 54.0 Å². The van der Waals surface area contributed by atoms with Gasteiger partial charge in [0.05, 0.1) is 23.9 Å². The molecule has 0 aliphatic carbocycles. The Labute approximate surface area is 184 Å². The summed E-state index contributed by atoms with van der Waals surface area (Å²) in [6.07, 6.45) is 2.42. The SMILES string of the molecule is CC(C)C(=O)Nc1nc(CC(=O)NC(Cc2ccc(Cl)cc2)c2ccccn2)cs1. The molecule has 8 heteroatoms. The first-order chi connectivity index (χ1) is 14.4. The van der Waals surface area contributed by atoms with Crippen molar-refractivity contribution in [1.29, 1.82) is 0 Å². The highest BCUT2D eigenvalue weighted by Crippen LogP contribution is 2.20. The first-order valence-corrected chi connectivity index (χ1v) is 10.9. The normalized spacial score (nSPS) is 11.9. The zero-order valence-electron chi connectivity index (χ0n) is 16.8. The number of thiazole rings is 1. The molecular formula is C22H23ClN4O2S. The highest BCUT2D eigenvalue weighted by Gasteiger charge is 2.18. The molecule has 0 aliphatic heterocycles. The van der Waals surface area contributed by atoms with Gasteiger partial charge in [0.15, 0.2) is 5.13 Å². The second-order valence-electron chi connectivity index (χ2n) is 7.17. The smallest absolute Gasteiger partial charge is 0.228 e. The minimum Gasteiger partial charge on any atom is -0.347 e. The number of halogens is 1. The number of rotatable bonds is 8. The number of anilines is 1. The van der Waals surface area contributed by atoms with Gasteiger partial charge in [0.25, 0.3) is 0 Å². The molecule has 2 N–H and O–H groups in total. The van der Waals surface area contributed by atoms with Gasteiger partial charge in [-0.25, -0.2) is 4.98 Å². The second kappa shape index (κ2) is 10.3. The summed E-state index contributed by atoms with van der Waals surface area (Å²) >= 11 is 7.28. The summed E-state index contributed by atoms with van der Waals surface area (Å²) in [6, 6.07) is 12.9. The Morgan fingerprint density at radius 3 is 2.57 bits per heavy atom. The number of pyridine rings is 1. The Bertz CT molecular complexity index is 990. The van der Waals surface area contributed by atoms with E-state index in [9.17, 15) is 9.59 Å². The Balaban J connectivity index is 1.67. The number of nitrogens with one attached hydrogen (secondary N) is 2. The maximum absolute atomic E-state index is 12.7. The van der Waals surface area contributed by atoms with Crippen LogP contribution in [0.1, 0.15) is 36.8 Å². The van der Waals surface area contributed by atoms with E-state index in [4.69, 9.17) is 11.6 Å². The molecule has 156 valence electrons. The zero-order valence-corrected chi connectivity index (χ0v) is 18.3. The molecule has 2 heterocycles. The van der Waals surface area contributed by atoms with Crippen molar-refractivity contribution in [2.24, 2.45) is 5.92 Å². The molecule has 2 aromatic heterocycles. The van der Waals surface area contributed by atoms with E-state index < -0.39 is 0 Å². The summed E-state index contributed by atoms with van der Waals surface area (Å²) in [5.74, 6) is -0.391. The molecule has 1 atom stereocenters. The van der Waals surface area contributed by atoms with Crippen LogP contribution in [-0.2, 0) is 22.4 Å². The van der Waals surface area contributed by atoms with Crippen LogP contribution in [0, 0.1) is 5.92 Å². The summed E-state index contributed by atoms with van der Waals surface area (Å²) in [7, 11) is 0. The Morgan fingerprint density at radius 1 is 1.13 bits per heavy atom. The number of carbonyl (C=O) groups excluding carboxylic acids is 2. The first-order valence-electron chi connectivity index (χ1n) is 9.60. The third-order valence-electron chi connectivity index (χ3n) is 4.38. The van der Waals surface area contributed by atoms with E-state index in [1.807, 2.05) is 56.3 Å². The second-order valence-corrected chi connectivity index (χ2v) is 8.46. The van der Waals surface area contributed by atoms with Crippen molar-refractivity contribution in [1.82, 2.24) is 15.3 Å². The monoisotopic (exact) mass is 442 g/mol. The molecule has 0 radical (unpaired) electrons. The molecule has 6 nitrogen and oxygen atoms in total. The minimum atomic E-state index is -0.279.